The fourth-order valence-electron chi connectivity index (χ4n) is 4.86. The summed E-state index contributed by atoms with van der Waals surface area (Å²) >= 11 is 0. The van der Waals surface area contributed by atoms with Gasteiger partial charge in [0.05, 0.1) is 18.9 Å². The molecule has 0 aliphatic heterocycles. The second-order valence-corrected chi connectivity index (χ2v) is 10.1. The van der Waals surface area contributed by atoms with Crippen LogP contribution in [0.15, 0.2) is 73.8 Å². The van der Waals surface area contributed by atoms with Crippen molar-refractivity contribution in [3.63, 3.8) is 0 Å². The molecule has 0 saturated heterocycles. The van der Waals surface area contributed by atoms with Gasteiger partial charge >= 0.3 is 11.9 Å². The minimum absolute atomic E-state index is 0.377. The van der Waals surface area contributed by atoms with Crippen LogP contribution >= 0.6 is 0 Å². The van der Waals surface area contributed by atoms with Gasteiger partial charge in [-0.05, 0) is 124 Å². The van der Waals surface area contributed by atoms with Crippen molar-refractivity contribution in [2.75, 3.05) is 18.1 Å². The van der Waals surface area contributed by atoms with E-state index >= 15 is 0 Å². The fraction of sp³-hybridized carbons (Fsp3) is 0.314. The normalized spacial score (nSPS) is 10.6. The van der Waals surface area contributed by atoms with Gasteiger partial charge in [0.2, 0.25) is 0 Å². The van der Waals surface area contributed by atoms with Crippen LogP contribution < -0.4 is 4.90 Å². The first-order valence-corrected chi connectivity index (χ1v) is 13.8. The van der Waals surface area contributed by atoms with Gasteiger partial charge in [0, 0.05) is 23.5 Å². The van der Waals surface area contributed by atoms with Gasteiger partial charge in [0.1, 0.15) is 0 Å². The summed E-state index contributed by atoms with van der Waals surface area (Å²) in [5.74, 6) is -0.773. The molecule has 0 saturated carbocycles. The number of hydrogen-bond donors (Lipinski definition) is 0. The summed E-state index contributed by atoms with van der Waals surface area (Å²) in [6.45, 7) is 18.6. The van der Waals surface area contributed by atoms with E-state index in [4.69, 9.17) is 9.47 Å². The van der Waals surface area contributed by atoms with E-state index in [1.54, 1.807) is 0 Å². The minimum atomic E-state index is -0.387. The van der Waals surface area contributed by atoms with Gasteiger partial charge in [-0.15, -0.1) is 0 Å². The Morgan fingerprint density at radius 1 is 0.625 bits per heavy atom. The Morgan fingerprint density at radius 2 is 0.975 bits per heavy atom. The van der Waals surface area contributed by atoms with Gasteiger partial charge in [-0.1, -0.05) is 37.4 Å². The summed E-state index contributed by atoms with van der Waals surface area (Å²) in [7, 11) is 0. The zero-order valence-corrected chi connectivity index (χ0v) is 24.5. The Bertz CT molecular complexity index is 1250. The molecule has 0 aromatic heterocycles. The number of benzene rings is 3. The van der Waals surface area contributed by atoms with Gasteiger partial charge in [-0.25, -0.2) is 9.59 Å². The van der Waals surface area contributed by atoms with Crippen LogP contribution in [0.25, 0.3) is 0 Å². The molecule has 40 heavy (non-hydrogen) atoms. The van der Waals surface area contributed by atoms with Crippen molar-refractivity contribution in [1.29, 1.82) is 0 Å². The first-order chi connectivity index (χ1) is 19.2. The van der Waals surface area contributed by atoms with Crippen molar-refractivity contribution in [2.24, 2.45) is 0 Å². The van der Waals surface area contributed by atoms with Crippen LogP contribution in [0.1, 0.15) is 51.8 Å². The number of nitrogens with zero attached hydrogens (tertiary/aromatic N) is 1. The molecule has 210 valence electrons. The number of carbonyl (C=O) groups excluding carboxylic acids is 2. The summed E-state index contributed by atoms with van der Waals surface area (Å²) in [5.41, 5.74) is 12.2. The van der Waals surface area contributed by atoms with Crippen molar-refractivity contribution in [1.82, 2.24) is 0 Å². The number of aryl methyl sites for hydroxylation is 2. The van der Waals surface area contributed by atoms with E-state index in [1.165, 1.54) is 56.8 Å². The summed E-state index contributed by atoms with van der Waals surface area (Å²) < 4.78 is 10.2. The summed E-state index contributed by atoms with van der Waals surface area (Å²) in [6, 6.07) is 17.2. The summed E-state index contributed by atoms with van der Waals surface area (Å²) in [5, 5.41) is 0. The molecular weight excluding hydrogens is 498 g/mol. The van der Waals surface area contributed by atoms with E-state index < -0.39 is 0 Å². The monoisotopic (exact) mass is 539 g/mol. The standard InChI is InChI=1S/C35H41NO4/c1-8-33(37)39-22-10-12-29-14-18-31(19-15-29)36(35-27(6)25(4)24(3)26(5)28(35)7)32-20-16-30(17-21-32)13-11-23-40-34(38)9-2/h8-9,14-21H,1-2,10-13,22-23H2,3-7H3. The quantitative estimate of drug-likeness (QED) is 0.125. The van der Waals surface area contributed by atoms with Gasteiger partial charge in [-0.3, -0.25) is 0 Å². The molecule has 3 rings (SSSR count). The highest BCUT2D eigenvalue weighted by molar-refractivity contribution is 5.83. The maximum atomic E-state index is 11.3. The number of carbonyl (C=O) groups is 2. The van der Waals surface area contributed by atoms with E-state index in [0.717, 1.165) is 37.1 Å². The summed E-state index contributed by atoms with van der Waals surface area (Å²) in [6.07, 6.45) is 5.53. The van der Waals surface area contributed by atoms with Crippen LogP contribution in [-0.2, 0) is 31.9 Å². The van der Waals surface area contributed by atoms with Crippen LogP contribution in [0.2, 0.25) is 0 Å². The molecule has 0 aliphatic rings. The predicted molar refractivity (Wildman–Crippen MR) is 164 cm³/mol. The highest BCUT2D eigenvalue weighted by atomic mass is 16.5. The average molecular weight is 540 g/mol. The Morgan fingerprint density at radius 3 is 1.32 bits per heavy atom. The molecule has 0 radical (unpaired) electrons. The van der Waals surface area contributed by atoms with Crippen LogP contribution in [0.3, 0.4) is 0 Å². The van der Waals surface area contributed by atoms with Crippen molar-refractivity contribution in [3.8, 4) is 0 Å². The Kier molecular flexibility index (Phi) is 10.9. The van der Waals surface area contributed by atoms with Gasteiger partial charge in [0.25, 0.3) is 0 Å². The second kappa shape index (κ2) is 14.3. The molecule has 3 aromatic rings. The first kappa shape index (κ1) is 30.4. The summed E-state index contributed by atoms with van der Waals surface area (Å²) in [4.78, 5) is 24.9. The van der Waals surface area contributed by atoms with Crippen LogP contribution in [0.4, 0.5) is 17.1 Å². The molecule has 5 nitrogen and oxygen atoms in total. The molecular formula is C35H41NO4. The van der Waals surface area contributed by atoms with Gasteiger partial charge in [0.15, 0.2) is 0 Å². The largest absolute Gasteiger partial charge is 0.463 e. The average Bonchev–Trinajstić information content (AvgIpc) is 2.98. The molecule has 0 unspecified atom stereocenters. The lowest BCUT2D eigenvalue weighted by Gasteiger charge is -2.31. The molecule has 5 heteroatoms. The Labute approximate surface area is 239 Å². The Balaban J connectivity index is 1.90. The predicted octanol–water partition coefficient (Wildman–Crippen LogP) is 8.02. The van der Waals surface area contributed by atoms with E-state index in [-0.39, 0.29) is 11.9 Å². The van der Waals surface area contributed by atoms with Crippen LogP contribution in [0.5, 0.6) is 0 Å². The van der Waals surface area contributed by atoms with E-state index in [1.807, 2.05) is 0 Å². The smallest absolute Gasteiger partial charge is 0.330 e. The third-order valence-electron chi connectivity index (χ3n) is 7.61. The van der Waals surface area contributed by atoms with Crippen molar-refractivity contribution in [2.45, 2.75) is 60.3 Å². The molecule has 0 aliphatic carbocycles. The van der Waals surface area contributed by atoms with Crippen LogP contribution in [0, 0.1) is 34.6 Å². The second-order valence-electron chi connectivity index (χ2n) is 10.1. The Hall–Kier alpha value is -4.12. The maximum Gasteiger partial charge on any atom is 0.330 e. The van der Waals surface area contributed by atoms with Crippen molar-refractivity contribution in [3.05, 3.63) is 113 Å². The maximum absolute atomic E-state index is 11.3. The third-order valence-corrected chi connectivity index (χ3v) is 7.61. The lowest BCUT2D eigenvalue weighted by molar-refractivity contribution is -0.138. The topological polar surface area (TPSA) is 55.8 Å². The third kappa shape index (κ3) is 7.50. The van der Waals surface area contributed by atoms with Crippen molar-refractivity contribution < 1.29 is 19.1 Å². The van der Waals surface area contributed by atoms with Gasteiger partial charge in [-0.2, -0.15) is 0 Å². The SMILES string of the molecule is C=CC(=O)OCCCc1ccc(N(c2ccc(CCCOC(=O)C=C)cc2)c2c(C)c(C)c(C)c(C)c2C)cc1. The van der Waals surface area contributed by atoms with Crippen LogP contribution in [-0.4, -0.2) is 25.2 Å². The zero-order chi connectivity index (χ0) is 29.2. The highest BCUT2D eigenvalue weighted by Crippen LogP contribution is 2.42. The van der Waals surface area contributed by atoms with E-state index in [2.05, 4.69) is 101 Å². The lowest BCUT2D eigenvalue weighted by Crippen LogP contribution is -2.15. The lowest BCUT2D eigenvalue weighted by atomic mass is 9.91. The molecule has 3 aromatic carbocycles. The molecule has 0 spiro atoms. The van der Waals surface area contributed by atoms with Gasteiger partial charge < -0.3 is 14.4 Å². The number of ether oxygens (including phenoxy) is 2. The number of rotatable bonds is 13. The zero-order valence-electron chi connectivity index (χ0n) is 24.5. The number of esters is 2. The van der Waals surface area contributed by atoms with E-state index in [0.29, 0.717) is 13.2 Å². The fourth-order valence-corrected chi connectivity index (χ4v) is 4.86. The minimum Gasteiger partial charge on any atom is -0.463 e. The molecule has 0 fully saturated rings. The highest BCUT2D eigenvalue weighted by Gasteiger charge is 2.21. The number of hydrogen-bond acceptors (Lipinski definition) is 5. The molecule has 0 bridgehead atoms. The molecule has 0 atom stereocenters. The molecule has 0 heterocycles. The number of anilines is 3. The molecule has 0 N–H and O–H groups in total. The first-order valence-electron chi connectivity index (χ1n) is 13.8. The molecule has 0 amide bonds. The van der Waals surface area contributed by atoms with E-state index in [9.17, 15) is 9.59 Å². The van der Waals surface area contributed by atoms with Crippen molar-refractivity contribution >= 4 is 29.0 Å².